The largest absolute Gasteiger partial charge is 0.445 e. The van der Waals surface area contributed by atoms with Crippen LogP contribution < -0.4 is 0 Å². The molecule has 6 heteroatoms. The summed E-state index contributed by atoms with van der Waals surface area (Å²) in [5.74, 6) is 0. The Bertz CT molecular complexity index is 688. The molecule has 6 nitrogen and oxygen atoms in total. The van der Waals surface area contributed by atoms with Crippen molar-refractivity contribution in [3.63, 3.8) is 0 Å². The van der Waals surface area contributed by atoms with Crippen LogP contribution in [0.3, 0.4) is 0 Å². The van der Waals surface area contributed by atoms with E-state index in [0.717, 1.165) is 5.56 Å². The van der Waals surface area contributed by atoms with Gasteiger partial charge in [0.1, 0.15) is 6.61 Å². The first kappa shape index (κ1) is 16.5. The molecule has 0 aliphatic heterocycles. The van der Waals surface area contributed by atoms with Crippen molar-refractivity contribution in [3.05, 3.63) is 75.8 Å². The van der Waals surface area contributed by atoms with E-state index < -0.39 is 11.0 Å². The van der Waals surface area contributed by atoms with Crippen molar-refractivity contribution in [2.24, 2.45) is 0 Å². The second-order valence-electron chi connectivity index (χ2n) is 5.18. The van der Waals surface area contributed by atoms with E-state index in [1.807, 2.05) is 30.3 Å². The third-order valence-corrected chi connectivity index (χ3v) is 3.64. The van der Waals surface area contributed by atoms with Crippen LogP contribution in [0.5, 0.6) is 0 Å². The molecule has 1 amide bonds. The number of hydrogen-bond donors (Lipinski definition) is 0. The lowest BCUT2D eigenvalue weighted by Crippen LogP contribution is -2.30. The van der Waals surface area contributed by atoms with E-state index >= 15 is 0 Å². The highest BCUT2D eigenvalue weighted by Crippen LogP contribution is 2.23. The Labute approximate surface area is 134 Å². The first-order valence-corrected chi connectivity index (χ1v) is 7.17. The second kappa shape index (κ2) is 7.40. The maximum atomic E-state index is 12.1. The molecule has 120 valence electrons. The van der Waals surface area contributed by atoms with Gasteiger partial charge in [0.05, 0.1) is 11.0 Å². The van der Waals surface area contributed by atoms with Crippen LogP contribution in [0.1, 0.15) is 24.1 Å². The number of non-ortho nitro benzene ring substituents is 1. The molecule has 0 spiro atoms. The number of nitro benzene ring substituents is 1. The predicted molar refractivity (Wildman–Crippen MR) is 85.9 cm³/mol. The standard InChI is InChI=1S/C17H18N2O4/c1-13(15-9-6-10-16(11-15)19(21)22)18(2)17(20)23-12-14-7-4-3-5-8-14/h3-11,13H,12H2,1-2H3. The third-order valence-electron chi connectivity index (χ3n) is 3.64. The van der Waals surface area contributed by atoms with Gasteiger partial charge in [-0.15, -0.1) is 0 Å². The highest BCUT2D eigenvalue weighted by Gasteiger charge is 2.20. The first-order valence-electron chi connectivity index (χ1n) is 7.17. The predicted octanol–water partition coefficient (Wildman–Crippen LogP) is 3.92. The molecule has 0 radical (unpaired) electrons. The fraction of sp³-hybridized carbons (Fsp3) is 0.235. The van der Waals surface area contributed by atoms with E-state index in [2.05, 4.69) is 0 Å². The van der Waals surface area contributed by atoms with Crippen LogP contribution in [0.2, 0.25) is 0 Å². The highest BCUT2D eigenvalue weighted by molar-refractivity contribution is 5.68. The van der Waals surface area contributed by atoms with Gasteiger partial charge in [0.25, 0.3) is 5.69 Å². The molecule has 0 fully saturated rings. The molecule has 2 aromatic rings. The number of benzene rings is 2. The van der Waals surface area contributed by atoms with Gasteiger partial charge in [-0.2, -0.15) is 0 Å². The Hall–Kier alpha value is -2.89. The molecular formula is C17H18N2O4. The smallest absolute Gasteiger partial charge is 0.410 e. The topological polar surface area (TPSA) is 72.7 Å². The van der Waals surface area contributed by atoms with Gasteiger partial charge in [0.2, 0.25) is 0 Å². The number of rotatable bonds is 5. The molecule has 0 bridgehead atoms. The lowest BCUT2D eigenvalue weighted by atomic mass is 10.1. The minimum atomic E-state index is -0.479. The van der Waals surface area contributed by atoms with Gasteiger partial charge in [-0.25, -0.2) is 4.79 Å². The van der Waals surface area contributed by atoms with Gasteiger partial charge in [0, 0.05) is 19.2 Å². The van der Waals surface area contributed by atoms with Gasteiger partial charge in [-0.3, -0.25) is 10.1 Å². The zero-order valence-electron chi connectivity index (χ0n) is 13.0. The van der Waals surface area contributed by atoms with Crippen molar-refractivity contribution in [2.75, 3.05) is 7.05 Å². The molecule has 0 saturated carbocycles. The van der Waals surface area contributed by atoms with E-state index in [1.54, 1.807) is 26.1 Å². The van der Waals surface area contributed by atoms with Crippen LogP contribution in [0.25, 0.3) is 0 Å². The Morgan fingerprint density at radius 3 is 2.57 bits per heavy atom. The zero-order chi connectivity index (χ0) is 16.8. The summed E-state index contributed by atoms with van der Waals surface area (Å²) >= 11 is 0. The number of nitro groups is 1. The number of carbonyl (C=O) groups is 1. The van der Waals surface area contributed by atoms with Crippen molar-refractivity contribution in [2.45, 2.75) is 19.6 Å². The van der Waals surface area contributed by atoms with Crippen LogP contribution in [-0.2, 0) is 11.3 Å². The fourth-order valence-corrected chi connectivity index (χ4v) is 2.10. The van der Waals surface area contributed by atoms with Crippen molar-refractivity contribution in [1.29, 1.82) is 0 Å². The summed E-state index contributed by atoms with van der Waals surface area (Å²) in [5, 5.41) is 10.8. The van der Waals surface area contributed by atoms with E-state index in [9.17, 15) is 14.9 Å². The Kier molecular flexibility index (Phi) is 5.30. The van der Waals surface area contributed by atoms with Gasteiger partial charge in [-0.05, 0) is 18.1 Å². The van der Waals surface area contributed by atoms with E-state index in [1.165, 1.54) is 17.0 Å². The Morgan fingerprint density at radius 1 is 1.22 bits per heavy atom. The quantitative estimate of drug-likeness (QED) is 0.619. The van der Waals surface area contributed by atoms with Crippen LogP contribution >= 0.6 is 0 Å². The Morgan fingerprint density at radius 2 is 1.91 bits per heavy atom. The summed E-state index contributed by atoms with van der Waals surface area (Å²) in [6.07, 6.45) is -0.479. The number of amides is 1. The number of carbonyl (C=O) groups excluding carboxylic acids is 1. The lowest BCUT2D eigenvalue weighted by Gasteiger charge is -2.24. The minimum Gasteiger partial charge on any atom is -0.445 e. The molecule has 0 N–H and O–H groups in total. The molecular weight excluding hydrogens is 296 g/mol. The molecule has 1 atom stereocenters. The van der Waals surface area contributed by atoms with Gasteiger partial charge < -0.3 is 9.64 Å². The van der Waals surface area contributed by atoms with Crippen LogP contribution in [0.15, 0.2) is 54.6 Å². The highest BCUT2D eigenvalue weighted by atomic mass is 16.6. The maximum absolute atomic E-state index is 12.1. The van der Waals surface area contributed by atoms with Crippen LogP contribution in [0, 0.1) is 10.1 Å². The van der Waals surface area contributed by atoms with Crippen molar-refractivity contribution >= 4 is 11.8 Å². The van der Waals surface area contributed by atoms with E-state index in [-0.39, 0.29) is 18.3 Å². The summed E-state index contributed by atoms with van der Waals surface area (Å²) in [4.78, 5) is 23.9. The Balaban J connectivity index is 2.01. The maximum Gasteiger partial charge on any atom is 0.410 e. The van der Waals surface area contributed by atoms with Crippen molar-refractivity contribution in [3.8, 4) is 0 Å². The summed E-state index contributed by atoms with van der Waals surface area (Å²) in [5.41, 5.74) is 1.58. The molecule has 2 rings (SSSR count). The molecule has 0 heterocycles. The number of hydrogen-bond acceptors (Lipinski definition) is 4. The van der Waals surface area contributed by atoms with Gasteiger partial charge >= 0.3 is 6.09 Å². The molecule has 0 saturated heterocycles. The second-order valence-corrected chi connectivity index (χ2v) is 5.18. The molecule has 0 aliphatic rings. The average molecular weight is 314 g/mol. The van der Waals surface area contributed by atoms with E-state index in [4.69, 9.17) is 4.74 Å². The lowest BCUT2D eigenvalue weighted by molar-refractivity contribution is -0.384. The van der Waals surface area contributed by atoms with E-state index in [0.29, 0.717) is 5.56 Å². The first-order chi connectivity index (χ1) is 11.0. The molecule has 2 aromatic carbocycles. The van der Waals surface area contributed by atoms with Crippen molar-refractivity contribution in [1.82, 2.24) is 4.90 Å². The normalized spacial score (nSPS) is 11.6. The SMILES string of the molecule is CC(c1cccc([N+](=O)[O-])c1)N(C)C(=O)OCc1ccccc1. The number of ether oxygens (including phenoxy) is 1. The van der Waals surface area contributed by atoms with Gasteiger partial charge in [-0.1, -0.05) is 42.5 Å². The summed E-state index contributed by atoms with van der Waals surface area (Å²) in [6.45, 7) is 1.98. The van der Waals surface area contributed by atoms with Crippen LogP contribution in [0.4, 0.5) is 10.5 Å². The molecule has 0 aliphatic carbocycles. The summed E-state index contributed by atoms with van der Waals surface area (Å²) < 4.78 is 5.26. The van der Waals surface area contributed by atoms with Gasteiger partial charge in [0.15, 0.2) is 0 Å². The third kappa shape index (κ3) is 4.29. The van der Waals surface area contributed by atoms with Crippen LogP contribution in [-0.4, -0.2) is 23.0 Å². The monoisotopic (exact) mass is 314 g/mol. The fourth-order valence-electron chi connectivity index (χ4n) is 2.10. The zero-order valence-corrected chi connectivity index (χ0v) is 13.0. The number of nitrogens with zero attached hydrogens (tertiary/aromatic N) is 2. The minimum absolute atomic E-state index is 0.000373. The summed E-state index contributed by atoms with van der Waals surface area (Å²) in [7, 11) is 1.61. The molecule has 0 aromatic heterocycles. The molecule has 23 heavy (non-hydrogen) atoms. The molecule has 1 unspecified atom stereocenters. The average Bonchev–Trinajstić information content (AvgIpc) is 2.59. The summed E-state index contributed by atoms with van der Waals surface area (Å²) in [6, 6.07) is 15.3. The van der Waals surface area contributed by atoms with Crippen molar-refractivity contribution < 1.29 is 14.5 Å².